The zero-order valence-electron chi connectivity index (χ0n) is 10.1. The van der Waals surface area contributed by atoms with Gasteiger partial charge in [-0.25, -0.2) is 0 Å². The summed E-state index contributed by atoms with van der Waals surface area (Å²) in [4.78, 5) is 0. The van der Waals surface area contributed by atoms with E-state index in [0.717, 1.165) is 6.61 Å². The molecule has 1 heterocycles. The fraction of sp³-hybridized carbons (Fsp3) is 1.00. The number of rotatable bonds is 6. The highest BCUT2D eigenvalue weighted by Crippen LogP contribution is 2.36. The third-order valence-electron chi connectivity index (χ3n) is 3.51. The predicted octanol–water partition coefficient (Wildman–Crippen LogP) is 4.16. The van der Waals surface area contributed by atoms with Gasteiger partial charge < -0.3 is 4.74 Å². The Bertz CT molecular complexity index is 151. The average Bonchev–Trinajstić information content (AvgIpc) is 2.45. The molecule has 0 radical (unpaired) electrons. The highest BCUT2D eigenvalue weighted by molar-refractivity contribution is 4.83. The van der Waals surface area contributed by atoms with E-state index in [4.69, 9.17) is 4.74 Å². The van der Waals surface area contributed by atoms with Crippen LogP contribution >= 0.6 is 0 Å². The topological polar surface area (TPSA) is 9.23 Å². The van der Waals surface area contributed by atoms with Crippen molar-refractivity contribution in [1.82, 2.24) is 0 Å². The summed E-state index contributed by atoms with van der Waals surface area (Å²) in [6, 6.07) is 0. The van der Waals surface area contributed by atoms with Crippen LogP contribution in [0.5, 0.6) is 0 Å². The predicted molar refractivity (Wildman–Crippen MR) is 61.5 cm³/mol. The molecule has 1 unspecified atom stereocenters. The van der Waals surface area contributed by atoms with Gasteiger partial charge in [0.15, 0.2) is 0 Å². The lowest BCUT2D eigenvalue weighted by molar-refractivity contribution is 0.0549. The molecular weight excluding hydrogens is 172 g/mol. The summed E-state index contributed by atoms with van der Waals surface area (Å²) in [7, 11) is 0. The Morgan fingerprint density at radius 1 is 1.14 bits per heavy atom. The van der Waals surface area contributed by atoms with Crippen LogP contribution in [0.25, 0.3) is 0 Å². The van der Waals surface area contributed by atoms with Crippen molar-refractivity contribution in [3.8, 4) is 0 Å². The van der Waals surface area contributed by atoms with Gasteiger partial charge >= 0.3 is 0 Å². The zero-order valence-corrected chi connectivity index (χ0v) is 10.1. The maximum Gasteiger partial charge on any atom is 0.0626 e. The molecule has 0 spiro atoms. The van der Waals surface area contributed by atoms with Crippen molar-refractivity contribution in [2.75, 3.05) is 6.61 Å². The Balaban J connectivity index is 2.06. The first-order valence-electron chi connectivity index (χ1n) is 6.28. The van der Waals surface area contributed by atoms with E-state index in [1.807, 2.05) is 0 Å². The van der Waals surface area contributed by atoms with Crippen LogP contribution in [0.1, 0.15) is 65.7 Å². The lowest BCUT2D eigenvalue weighted by atomic mass is 9.83. The summed E-state index contributed by atoms with van der Waals surface area (Å²) in [6.45, 7) is 7.93. The smallest absolute Gasteiger partial charge is 0.0626 e. The van der Waals surface area contributed by atoms with Crippen LogP contribution in [0, 0.1) is 5.41 Å². The van der Waals surface area contributed by atoms with Crippen molar-refractivity contribution < 1.29 is 4.74 Å². The van der Waals surface area contributed by atoms with Gasteiger partial charge in [-0.05, 0) is 18.3 Å². The van der Waals surface area contributed by atoms with Crippen molar-refractivity contribution in [1.29, 1.82) is 0 Å². The monoisotopic (exact) mass is 198 g/mol. The normalized spacial score (nSPS) is 25.5. The van der Waals surface area contributed by atoms with Gasteiger partial charge in [0.05, 0.1) is 6.10 Å². The average molecular weight is 198 g/mol. The van der Waals surface area contributed by atoms with Gasteiger partial charge in [-0.3, -0.25) is 0 Å². The molecule has 1 aliphatic heterocycles. The van der Waals surface area contributed by atoms with Gasteiger partial charge in [0.1, 0.15) is 0 Å². The highest BCUT2D eigenvalue weighted by atomic mass is 16.5. The van der Waals surface area contributed by atoms with Crippen LogP contribution in [-0.4, -0.2) is 12.7 Å². The second-order valence-corrected chi connectivity index (χ2v) is 5.30. The molecule has 0 N–H and O–H groups in total. The summed E-state index contributed by atoms with van der Waals surface area (Å²) in [6.07, 6.45) is 9.94. The maximum atomic E-state index is 5.77. The van der Waals surface area contributed by atoms with Crippen LogP contribution in [0.15, 0.2) is 0 Å². The van der Waals surface area contributed by atoms with Gasteiger partial charge in [-0.2, -0.15) is 0 Å². The fourth-order valence-electron chi connectivity index (χ4n) is 2.26. The lowest BCUT2D eigenvalue weighted by Gasteiger charge is -2.25. The highest BCUT2D eigenvalue weighted by Gasteiger charge is 2.34. The van der Waals surface area contributed by atoms with Gasteiger partial charge in [-0.15, -0.1) is 0 Å². The molecule has 0 bridgehead atoms. The minimum Gasteiger partial charge on any atom is -0.378 e. The first kappa shape index (κ1) is 12.0. The van der Waals surface area contributed by atoms with Crippen molar-refractivity contribution in [3.63, 3.8) is 0 Å². The molecule has 1 heteroatoms. The van der Waals surface area contributed by atoms with E-state index in [-0.39, 0.29) is 0 Å². The summed E-state index contributed by atoms with van der Waals surface area (Å²) in [5, 5.41) is 0. The molecule has 0 aromatic carbocycles. The van der Waals surface area contributed by atoms with Crippen molar-refractivity contribution >= 4 is 0 Å². The molecule has 0 amide bonds. The standard InChI is InChI=1S/C13H26O/c1-4-5-6-7-8-9-12-13(2,3)10-11-14-12/h12H,4-11H2,1-3H3. The van der Waals surface area contributed by atoms with Gasteiger partial charge in [0.25, 0.3) is 0 Å². The van der Waals surface area contributed by atoms with Gasteiger partial charge in [0.2, 0.25) is 0 Å². The van der Waals surface area contributed by atoms with Crippen LogP contribution < -0.4 is 0 Å². The zero-order chi connectivity index (χ0) is 10.4. The Morgan fingerprint density at radius 2 is 1.86 bits per heavy atom. The molecule has 1 nitrogen and oxygen atoms in total. The van der Waals surface area contributed by atoms with E-state index < -0.39 is 0 Å². The van der Waals surface area contributed by atoms with E-state index in [0.29, 0.717) is 11.5 Å². The molecule has 0 aromatic heterocycles. The Morgan fingerprint density at radius 3 is 2.43 bits per heavy atom. The van der Waals surface area contributed by atoms with E-state index >= 15 is 0 Å². The lowest BCUT2D eigenvalue weighted by Crippen LogP contribution is -2.24. The van der Waals surface area contributed by atoms with Crippen molar-refractivity contribution in [2.45, 2.75) is 71.8 Å². The van der Waals surface area contributed by atoms with Crippen molar-refractivity contribution in [3.05, 3.63) is 0 Å². The molecule has 1 saturated heterocycles. The van der Waals surface area contributed by atoms with Crippen LogP contribution in [0.4, 0.5) is 0 Å². The first-order valence-corrected chi connectivity index (χ1v) is 6.28. The second kappa shape index (κ2) is 5.75. The van der Waals surface area contributed by atoms with Crippen LogP contribution in [-0.2, 0) is 4.74 Å². The number of ether oxygens (including phenoxy) is 1. The molecule has 1 fully saturated rings. The Labute approximate surface area is 89.2 Å². The van der Waals surface area contributed by atoms with Crippen LogP contribution in [0.3, 0.4) is 0 Å². The third-order valence-corrected chi connectivity index (χ3v) is 3.51. The molecule has 0 aromatic rings. The summed E-state index contributed by atoms with van der Waals surface area (Å²) >= 11 is 0. The Kier molecular flexibility index (Phi) is 4.94. The summed E-state index contributed by atoms with van der Waals surface area (Å²) in [5.74, 6) is 0. The molecule has 1 aliphatic rings. The second-order valence-electron chi connectivity index (χ2n) is 5.30. The summed E-state index contributed by atoms with van der Waals surface area (Å²) in [5.41, 5.74) is 0.435. The minimum absolute atomic E-state index is 0.435. The van der Waals surface area contributed by atoms with Gasteiger partial charge in [-0.1, -0.05) is 52.9 Å². The van der Waals surface area contributed by atoms with Crippen molar-refractivity contribution in [2.24, 2.45) is 5.41 Å². The quantitative estimate of drug-likeness (QED) is 0.582. The molecular formula is C13H26O. The molecule has 84 valence electrons. The van der Waals surface area contributed by atoms with E-state index in [1.54, 1.807) is 0 Å². The number of unbranched alkanes of at least 4 members (excludes halogenated alkanes) is 4. The van der Waals surface area contributed by atoms with E-state index in [1.165, 1.54) is 44.9 Å². The van der Waals surface area contributed by atoms with E-state index in [9.17, 15) is 0 Å². The largest absolute Gasteiger partial charge is 0.378 e. The minimum atomic E-state index is 0.435. The molecule has 0 aliphatic carbocycles. The first-order chi connectivity index (χ1) is 6.67. The van der Waals surface area contributed by atoms with Gasteiger partial charge in [0, 0.05) is 6.61 Å². The number of hydrogen-bond donors (Lipinski definition) is 0. The third kappa shape index (κ3) is 3.61. The molecule has 14 heavy (non-hydrogen) atoms. The maximum absolute atomic E-state index is 5.77. The fourth-order valence-corrected chi connectivity index (χ4v) is 2.26. The summed E-state index contributed by atoms with van der Waals surface area (Å²) < 4.78 is 5.77. The SMILES string of the molecule is CCCCCCCC1OCCC1(C)C. The number of hydrogen-bond acceptors (Lipinski definition) is 1. The van der Waals surface area contributed by atoms with E-state index in [2.05, 4.69) is 20.8 Å². The van der Waals surface area contributed by atoms with Crippen LogP contribution in [0.2, 0.25) is 0 Å². The molecule has 1 rings (SSSR count). The molecule has 1 atom stereocenters. The Hall–Kier alpha value is -0.0400. The molecule has 0 saturated carbocycles.